The van der Waals surface area contributed by atoms with Gasteiger partial charge in [0, 0.05) is 16.5 Å². The summed E-state index contributed by atoms with van der Waals surface area (Å²) in [6.07, 6.45) is 1.32. The highest BCUT2D eigenvalue weighted by molar-refractivity contribution is 14.1. The van der Waals surface area contributed by atoms with E-state index in [1.165, 1.54) is 23.1 Å². The van der Waals surface area contributed by atoms with Gasteiger partial charge in [0.1, 0.15) is 5.82 Å². The van der Waals surface area contributed by atoms with Crippen molar-refractivity contribution in [1.82, 2.24) is 4.90 Å². The third-order valence-corrected chi connectivity index (χ3v) is 3.60. The van der Waals surface area contributed by atoms with Gasteiger partial charge in [-0.25, -0.2) is 4.39 Å². The number of rotatable bonds is 3. The lowest BCUT2D eigenvalue weighted by atomic mass is 10.3. The summed E-state index contributed by atoms with van der Waals surface area (Å²) in [6, 6.07) is 4.15. The molecule has 0 saturated carbocycles. The normalized spacial score (nSPS) is 15.0. The number of carbonyl (C=O) groups is 2. The molecule has 0 aromatic heterocycles. The Morgan fingerprint density at radius 2 is 2.28 bits per heavy atom. The second-order valence-corrected chi connectivity index (χ2v) is 5.25. The minimum absolute atomic E-state index is 0.0129. The van der Waals surface area contributed by atoms with Crippen molar-refractivity contribution in [2.45, 2.75) is 12.8 Å². The van der Waals surface area contributed by atoms with Crippen molar-refractivity contribution < 1.29 is 14.0 Å². The molecule has 0 bridgehead atoms. The standard InChI is InChI=1S/C12H12FIN2O2/c13-8-3-4-10(9(14)6-8)15-11(17)7-16-5-1-2-12(16)18/h3-4,6H,1-2,5,7H2,(H,15,17). The summed E-state index contributed by atoms with van der Waals surface area (Å²) in [4.78, 5) is 24.7. The van der Waals surface area contributed by atoms with E-state index in [2.05, 4.69) is 5.32 Å². The van der Waals surface area contributed by atoms with Crippen LogP contribution in [0.3, 0.4) is 0 Å². The van der Waals surface area contributed by atoms with E-state index in [-0.39, 0.29) is 24.2 Å². The fraction of sp³-hybridized carbons (Fsp3) is 0.333. The third kappa shape index (κ3) is 3.18. The number of halogens is 2. The molecule has 1 N–H and O–H groups in total. The zero-order valence-corrected chi connectivity index (χ0v) is 11.7. The van der Waals surface area contributed by atoms with E-state index in [0.717, 1.165) is 6.42 Å². The molecule has 18 heavy (non-hydrogen) atoms. The van der Waals surface area contributed by atoms with Gasteiger partial charge in [0.25, 0.3) is 0 Å². The van der Waals surface area contributed by atoms with Gasteiger partial charge in [0.15, 0.2) is 0 Å². The van der Waals surface area contributed by atoms with Gasteiger partial charge in [0.05, 0.1) is 12.2 Å². The van der Waals surface area contributed by atoms with E-state index in [9.17, 15) is 14.0 Å². The van der Waals surface area contributed by atoms with E-state index >= 15 is 0 Å². The summed E-state index contributed by atoms with van der Waals surface area (Å²) in [6.45, 7) is 0.694. The monoisotopic (exact) mass is 362 g/mol. The molecule has 1 aliphatic rings. The summed E-state index contributed by atoms with van der Waals surface area (Å²) in [7, 11) is 0. The molecule has 2 rings (SSSR count). The molecule has 1 aliphatic heterocycles. The highest BCUT2D eigenvalue weighted by Gasteiger charge is 2.22. The molecule has 1 aromatic carbocycles. The van der Waals surface area contributed by atoms with Crippen molar-refractivity contribution in [1.29, 1.82) is 0 Å². The number of amides is 2. The van der Waals surface area contributed by atoms with Crippen LogP contribution in [-0.2, 0) is 9.59 Å². The van der Waals surface area contributed by atoms with Gasteiger partial charge in [-0.3, -0.25) is 9.59 Å². The maximum Gasteiger partial charge on any atom is 0.244 e. The Balaban J connectivity index is 1.96. The Hall–Kier alpha value is -1.18. The molecule has 96 valence electrons. The average molecular weight is 362 g/mol. The Bertz CT molecular complexity index is 493. The molecule has 0 radical (unpaired) electrons. The van der Waals surface area contributed by atoms with E-state index in [1.54, 1.807) is 0 Å². The minimum atomic E-state index is -0.341. The van der Waals surface area contributed by atoms with Crippen LogP contribution in [0.2, 0.25) is 0 Å². The van der Waals surface area contributed by atoms with Gasteiger partial charge in [-0.2, -0.15) is 0 Å². The summed E-state index contributed by atoms with van der Waals surface area (Å²) in [5.74, 6) is -0.583. The van der Waals surface area contributed by atoms with Crippen LogP contribution in [0.25, 0.3) is 0 Å². The van der Waals surface area contributed by atoms with Gasteiger partial charge >= 0.3 is 0 Å². The molecule has 0 unspecified atom stereocenters. The van der Waals surface area contributed by atoms with Gasteiger partial charge < -0.3 is 10.2 Å². The first-order chi connectivity index (χ1) is 8.56. The van der Waals surface area contributed by atoms with Crippen LogP contribution in [-0.4, -0.2) is 29.8 Å². The lowest BCUT2D eigenvalue weighted by Crippen LogP contribution is -2.34. The third-order valence-electron chi connectivity index (χ3n) is 2.71. The number of carbonyl (C=O) groups excluding carboxylic acids is 2. The average Bonchev–Trinajstić information content (AvgIpc) is 2.69. The van der Waals surface area contributed by atoms with E-state index in [0.29, 0.717) is 22.2 Å². The van der Waals surface area contributed by atoms with Crippen molar-refractivity contribution in [3.63, 3.8) is 0 Å². The smallest absolute Gasteiger partial charge is 0.244 e. The highest BCUT2D eigenvalue weighted by atomic mass is 127. The van der Waals surface area contributed by atoms with Gasteiger partial charge in [-0.15, -0.1) is 0 Å². The summed E-state index contributed by atoms with van der Waals surface area (Å²) < 4.78 is 13.5. The fourth-order valence-corrected chi connectivity index (χ4v) is 2.44. The van der Waals surface area contributed by atoms with Crippen LogP contribution in [0, 0.1) is 9.39 Å². The molecule has 2 amide bonds. The fourth-order valence-electron chi connectivity index (χ4n) is 1.83. The Morgan fingerprint density at radius 3 is 2.89 bits per heavy atom. The Kier molecular flexibility index (Phi) is 4.15. The first-order valence-electron chi connectivity index (χ1n) is 5.59. The van der Waals surface area contributed by atoms with Crippen molar-refractivity contribution in [2.24, 2.45) is 0 Å². The zero-order chi connectivity index (χ0) is 13.1. The van der Waals surface area contributed by atoms with Crippen LogP contribution in [0.5, 0.6) is 0 Å². The number of nitrogens with zero attached hydrogens (tertiary/aromatic N) is 1. The van der Waals surface area contributed by atoms with E-state index in [1.807, 2.05) is 22.6 Å². The SMILES string of the molecule is O=C(CN1CCCC1=O)Nc1ccc(F)cc1I. The molecule has 1 saturated heterocycles. The molecule has 0 atom stereocenters. The Labute approximate surface area is 118 Å². The lowest BCUT2D eigenvalue weighted by Gasteiger charge is -2.15. The molecular weight excluding hydrogens is 350 g/mol. The molecule has 1 aromatic rings. The number of hydrogen-bond donors (Lipinski definition) is 1. The van der Waals surface area contributed by atoms with Crippen molar-refractivity contribution >= 4 is 40.1 Å². The van der Waals surface area contributed by atoms with Crippen LogP contribution in [0.4, 0.5) is 10.1 Å². The van der Waals surface area contributed by atoms with Crippen molar-refractivity contribution in [2.75, 3.05) is 18.4 Å². The quantitative estimate of drug-likeness (QED) is 0.837. The molecule has 1 heterocycles. The second-order valence-electron chi connectivity index (χ2n) is 4.09. The summed E-state index contributed by atoms with van der Waals surface area (Å²) in [5, 5.41) is 2.68. The van der Waals surface area contributed by atoms with Gasteiger partial charge in [-0.05, 0) is 47.2 Å². The first-order valence-corrected chi connectivity index (χ1v) is 6.67. The number of nitrogens with one attached hydrogen (secondary N) is 1. The summed E-state index contributed by atoms with van der Waals surface area (Å²) in [5.41, 5.74) is 0.564. The van der Waals surface area contributed by atoms with Crippen LogP contribution in [0.15, 0.2) is 18.2 Å². The topological polar surface area (TPSA) is 49.4 Å². The second kappa shape index (κ2) is 5.64. The maximum atomic E-state index is 12.9. The molecule has 0 aliphatic carbocycles. The van der Waals surface area contributed by atoms with E-state index < -0.39 is 0 Å². The van der Waals surface area contributed by atoms with E-state index in [4.69, 9.17) is 0 Å². The van der Waals surface area contributed by atoms with Crippen molar-refractivity contribution in [3.8, 4) is 0 Å². The zero-order valence-electron chi connectivity index (χ0n) is 9.58. The number of anilines is 1. The molecule has 0 spiro atoms. The van der Waals surface area contributed by atoms with Gasteiger partial charge in [-0.1, -0.05) is 0 Å². The molecule has 4 nitrogen and oxygen atoms in total. The minimum Gasteiger partial charge on any atom is -0.333 e. The number of benzene rings is 1. The Morgan fingerprint density at radius 1 is 1.50 bits per heavy atom. The number of likely N-dealkylation sites (tertiary alicyclic amines) is 1. The predicted molar refractivity (Wildman–Crippen MR) is 73.6 cm³/mol. The van der Waals surface area contributed by atoms with Crippen LogP contribution < -0.4 is 5.32 Å². The molecule has 6 heteroatoms. The molecular formula is C12H12FIN2O2. The summed E-state index contributed by atoms with van der Waals surface area (Å²) >= 11 is 1.95. The predicted octanol–water partition coefficient (Wildman–Crippen LogP) is 1.99. The van der Waals surface area contributed by atoms with Crippen molar-refractivity contribution in [3.05, 3.63) is 27.6 Å². The maximum absolute atomic E-state index is 12.9. The lowest BCUT2D eigenvalue weighted by molar-refractivity contribution is -0.131. The largest absolute Gasteiger partial charge is 0.333 e. The van der Waals surface area contributed by atoms with Crippen LogP contribution >= 0.6 is 22.6 Å². The highest BCUT2D eigenvalue weighted by Crippen LogP contribution is 2.19. The van der Waals surface area contributed by atoms with Crippen LogP contribution in [0.1, 0.15) is 12.8 Å². The number of hydrogen-bond acceptors (Lipinski definition) is 2. The molecule has 1 fully saturated rings. The van der Waals surface area contributed by atoms with Gasteiger partial charge in [0.2, 0.25) is 11.8 Å². The first kappa shape index (κ1) is 13.3.